The highest BCUT2D eigenvalue weighted by Gasteiger charge is 2.42. The Morgan fingerprint density at radius 1 is 1.13 bits per heavy atom. The second-order valence-electron chi connectivity index (χ2n) is 6.14. The molecule has 1 aromatic carbocycles. The molecule has 0 spiro atoms. The molecule has 124 valence electrons. The van der Waals surface area contributed by atoms with E-state index in [1.54, 1.807) is 31.2 Å². The van der Waals surface area contributed by atoms with Gasteiger partial charge in [0.15, 0.2) is 0 Å². The molecule has 23 heavy (non-hydrogen) atoms. The van der Waals surface area contributed by atoms with Crippen LogP contribution in [0.4, 0.5) is 0 Å². The SMILES string of the molecule is CC[C@H](C)[C@@H](C[C@H](C)C(=O)OC)N1C(=O)c2ccccc2C1=O. The van der Waals surface area contributed by atoms with Crippen LogP contribution in [-0.2, 0) is 9.53 Å². The fourth-order valence-electron chi connectivity index (χ4n) is 3.03. The third-order valence-electron chi connectivity index (χ3n) is 4.66. The first kappa shape index (κ1) is 17.2. The van der Waals surface area contributed by atoms with Crippen molar-refractivity contribution in [2.45, 2.75) is 39.7 Å². The van der Waals surface area contributed by atoms with Gasteiger partial charge in [-0.1, -0.05) is 39.3 Å². The number of methoxy groups -OCH3 is 1. The minimum absolute atomic E-state index is 0.101. The topological polar surface area (TPSA) is 63.7 Å². The van der Waals surface area contributed by atoms with Crippen LogP contribution in [0.15, 0.2) is 24.3 Å². The van der Waals surface area contributed by atoms with Gasteiger partial charge in [-0.25, -0.2) is 0 Å². The van der Waals surface area contributed by atoms with Crippen molar-refractivity contribution in [2.75, 3.05) is 7.11 Å². The van der Waals surface area contributed by atoms with Gasteiger partial charge < -0.3 is 4.74 Å². The van der Waals surface area contributed by atoms with Crippen molar-refractivity contribution in [3.63, 3.8) is 0 Å². The van der Waals surface area contributed by atoms with Gasteiger partial charge in [-0.2, -0.15) is 0 Å². The van der Waals surface area contributed by atoms with E-state index in [4.69, 9.17) is 4.74 Å². The molecule has 0 fully saturated rings. The first-order chi connectivity index (χ1) is 10.9. The number of ether oxygens (including phenoxy) is 1. The van der Waals surface area contributed by atoms with Crippen LogP contribution in [0, 0.1) is 11.8 Å². The number of carbonyl (C=O) groups is 3. The Kier molecular flexibility index (Phi) is 5.19. The van der Waals surface area contributed by atoms with E-state index in [1.807, 2.05) is 13.8 Å². The maximum atomic E-state index is 12.7. The van der Waals surface area contributed by atoms with E-state index >= 15 is 0 Å². The van der Waals surface area contributed by atoms with Crippen molar-refractivity contribution in [1.29, 1.82) is 0 Å². The zero-order chi connectivity index (χ0) is 17.1. The van der Waals surface area contributed by atoms with E-state index in [0.717, 1.165) is 6.42 Å². The van der Waals surface area contributed by atoms with Gasteiger partial charge in [0, 0.05) is 6.04 Å². The van der Waals surface area contributed by atoms with E-state index in [2.05, 4.69) is 0 Å². The summed E-state index contributed by atoms with van der Waals surface area (Å²) in [6.45, 7) is 5.77. The molecule has 2 amide bonds. The van der Waals surface area contributed by atoms with Gasteiger partial charge in [0.25, 0.3) is 11.8 Å². The number of esters is 1. The van der Waals surface area contributed by atoms with Gasteiger partial charge in [-0.05, 0) is 24.5 Å². The number of benzene rings is 1. The van der Waals surface area contributed by atoms with Crippen molar-refractivity contribution in [3.05, 3.63) is 35.4 Å². The lowest BCUT2D eigenvalue weighted by Crippen LogP contribution is -2.45. The van der Waals surface area contributed by atoms with Crippen LogP contribution in [0.1, 0.15) is 54.3 Å². The molecule has 5 nitrogen and oxygen atoms in total. The lowest BCUT2D eigenvalue weighted by atomic mass is 9.89. The second-order valence-corrected chi connectivity index (χ2v) is 6.14. The van der Waals surface area contributed by atoms with Crippen LogP contribution in [0.3, 0.4) is 0 Å². The van der Waals surface area contributed by atoms with Gasteiger partial charge in [0.2, 0.25) is 0 Å². The van der Waals surface area contributed by atoms with Crippen LogP contribution in [0.25, 0.3) is 0 Å². The molecule has 1 aliphatic heterocycles. The highest BCUT2D eigenvalue weighted by atomic mass is 16.5. The highest BCUT2D eigenvalue weighted by molar-refractivity contribution is 6.21. The summed E-state index contributed by atoms with van der Waals surface area (Å²) in [6, 6.07) is 6.53. The van der Waals surface area contributed by atoms with Gasteiger partial charge in [0.1, 0.15) is 0 Å². The van der Waals surface area contributed by atoms with E-state index in [9.17, 15) is 14.4 Å². The first-order valence-electron chi connectivity index (χ1n) is 7.97. The molecule has 0 aromatic heterocycles. The minimum atomic E-state index is -0.372. The molecule has 0 saturated heterocycles. The molecule has 0 unspecified atom stereocenters. The Morgan fingerprint density at radius 2 is 1.65 bits per heavy atom. The number of hydrogen-bond acceptors (Lipinski definition) is 4. The Hall–Kier alpha value is -2.17. The lowest BCUT2D eigenvalue weighted by molar-refractivity contribution is -0.145. The van der Waals surface area contributed by atoms with E-state index < -0.39 is 0 Å². The molecular formula is C18H23NO4. The third-order valence-corrected chi connectivity index (χ3v) is 4.66. The maximum absolute atomic E-state index is 12.7. The number of fused-ring (bicyclic) bond motifs is 1. The summed E-state index contributed by atoms with van der Waals surface area (Å²) in [5.41, 5.74) is 0.882. The Labute approximate surface area is 136 Å². The number of hydrogen-bond donors (Lipinski definition) is 0. The molecule has 1 heterocycles. The molecular weight excluding hydrogens is 294 g/mol. The summed E-state index contributed by atoms with van der Waals surface area (Å²) in [5, 5.41) is 0. The Morgan fingerprint density at radius 3 is 2.09 bits per heavy atom. The predicted molar refractivity (Wildman–Crippen MR) is 86.0 cm³/mol. The summed E-state index contributed by atoms with van der Waals surface area (Å²) in [4.78, 5) is 38.4. The molecule has 5 heteroatoms. The second kappa shape index (κ2) is 6.94. The minimum Gasteiger partial charge on any atom is -0.469 e. The van der Waals surface area contributed by atoms with Gasteiger partial charge in [-0.3, -0.25) is 19.3 Å². The Balaban J connectivity index is 2.32. The molecule has 0 radical (unpaired) electrons. The van der Waals surface area contributed by atoms with Gasteiger partial charge in [0.05, 0.1) is 24.2 Å². The largest absolute Gasteiger partial charge is 0.469 e. The average Bonchev–Trinajstić information content (AvgIpc) is 2.82. The summed E-state index contributed by atoms with van der Waals surface area (Å²) < 4.78 is 4.78. The van der Waals surface area contributed by atoms with Crippen LogP contribution < -0.4 is 0 Å². The molecule has 0 bridgehead atoms. The first-order valence-corrected chi connectivity index (χ1v) is 7.97. The van der Waals surface area contributed by atoms with Crippen LogP contribution in [0.2, 0.25) is 0 Å². The number of carbonyl (C=O) groups excluding carboxylic acids is 3. The number of amides is 2. The van der Waals surface area contributed by atoms with Crippen LogP contribution >= 0.6 is 0 Å². The van der Waals surface area contributed by atoms with Gasteiger partial charge in [-0.15, -0.1) is 0 Å². The zero-order valence-corrected chi connectivity index (χ0v) is 14.0. The summed E-state index contributed by atoms with van der Waals surface area (Å²) in [7, 11) is 1.35. The third kappa shape index (κ3) is 3.14. The lowest BCUT2D eigenvalue weighted by Gasteiger charge is -2.32. The molecule has 3 atom stereocenters. The van der Waals surface area contributed by atoms with E-state index in [1.165, 1.54) is 12.0 Å². The van der Waals surface area contributed by atoms with Crippen LogP contribution in [0.5, 0.6) is 0 Å². The summed E-state index contributed by atoms with van der Waals surface area (Å²) in [6.07, 6.45) is 1.22. The van der Waals surface area contributed by atoms with Crippen molar-refractivity contribution < 1.29 is 19.1 Å². The molecule has 0 saturated carbocycles. The monoisotopic (exact) mass is 317 g/mol. The smallest absolute Gasteiger partial charge is 0.308 e. The number of imide groups is 1. The number of nitrogens with zero attached hydrogens (tertiary/aromatic N) is 1. The van der Waals surface area contributed by atoms with Crippen molar-refractivity contribution in [2.24, 2.45) is 11.8 Å². The molecule has 2 rings (SSSR count). The fraction of sp³-hybridized carbons (Fsp3) is 0.500. The predicted octanol–water partition coefficient (Wildman–Crippen LogP) is 2.90. The van der Waals surface area contributed by atoms with E-state index in [0.29, 0.717) is 17.5 Å². The van der Waals surface area contributed by atoms with Gasteiger partial charge >= 0.3 is 5.97 Å². The molecule has 1 aromatic rings. The van der Waals surface area contributed by atoms with Crippen molar-refractivity contribution in [1.82, 2.24) is 4.90 Å². The molecule has 0 aliphatic carbocycles. The molecule has 1 aliphatic rings. The maximum Gasteiger partial charge on any atom is 0.308 e. The normalized spacial score (nSPS) is 17.7. The summed E-state index contributed by atoms with van der Waals surface area (Å²) in [5.74, 6) is -1.14. The quantitative estimate of drug-likeness (QED) is 0.598. The average molecular weight is 317 g/mol. The number of rotatable bonds is 6. The highest BCUT2D eigenvalue weighted by Crippen LogP contribution is 2.31. The van der Waals surface area contributed by atoms with Crippen molar-refractivity contribution in [3.8, 4) is 0 Å². The van der Waals surface area contributed by atoms with Crippen LogP contribution in [-0.4, -0.2) is 35.8 Å². The van der Waals surface area contributed by atoms with E-state index in [-0.39, 0.29) is 35.7 Å². The zero-order valence-electron chi connectivity index (χ0n) is 14.0. The fourth-order valence-corrected chi connectivity index (χ4v) is 3.03. The Bertz CT molecular complexity index is 590. The summed E-state index contributed by atoms with van der Waals surface area (Å²) >= 11 is 0. The molecule has 0 N–H and O–H groups in total. The standard InChI is InChI=1S/C18H23NO4/c1-5-11(2)15(10-12(3)18(22)23-4)19-16(20)13-8-6-7-9-14(13)17(19)21/h6-9,11-12,15H,5,10H2,1-4H3/t11-,12-,15+/m0/s1. The van der Waals surface area contributed by atoms with Crippen molar-refractivity contribution >= 4 is 17.8 Å².